The minimum absolute atomic E-state index is 0.151. The lowest BCUT2D eigenvalue weighted by molar-refractivity contribution is 0.467. The second kappa shape index (κ2) is 11.9. The van der Waals surface area contributed by atoms with E-state index in [4.69, 9.17) is 9.47 Å². The van der Waals surface area contributed by atoms with E-state index in [1.807, 2.05) is 0 Å². The molecule has 3 heterocycles. The molecule has 2 aliphatic rings. The highest BCUT2D eigenvalue weighted by molar-refractivity contribution is 7.01. The lowest BCUT2D eigenvalue weighted by Crippen LogP contribution is -2.58. The van der Waals surface area contributed by atoms with Gasteiger partial charge in [0.2, 0.25) is 0 Å². The number of para-hydroxylation sites is 4. The summed E-state index contributed by atoms with van der Waals surface area (Å²) in [5.41, 5.74) is 11.1. The predicted molar refractivity (Wildman–Crippen MR) is 233 cm³/mol. The molecule has 10 aromatic rings. The molecular weight excluding hydrogens is 683 g/mol. The lowest BCUT2D eigenvalue weighted by Gasteiger charge is -2.36. The molecular formula is C51H33BN2O2. The monoisotopic (exact) mass is 716 g/mol. The van der Waals surface area contributed by atoms with Crippen LogP contribution in [0.2, 0.25) is 0 Å². The standard InChI is InChI=1S/C51H33BN2O2/c1-32-29-43-49-44(30-32)56-51-46-40-27-15-16-28-41(40)54(35-21-9-4-10-22-35)50(46)39-26-14-13-25-38(39)48(51)52(49)47-37-24-12-11-23-36(37)42(31-45(47)55-43)53(33-17-5-2-6-18-33)34-19-7-3-8-20-34/h2-31H,1H3. The molecule has 4 nitrogen and oxygen atoms in total. The van der Waals surface area contributed by atoms with Gasteiger partial charge in [0.1, 0.15) is 23.0 Å². The third-order valence-corrected chi connectivity index (χ3v) is 11.7. The molecule has 0 N–H and O–H groups in total. The molecule has 12 rings (SSSR count). The van der Waals surface area contributed by atoms with Crippen LogP contribution in [0.15, 0.2) is 182 Å². The minimum atomic E-state index is -0.151. The molecule has 0 atom stereocenters. The first-order valence-corrected chi connectivity index (χ1v) is 19.2. The van der Waals surface area contributed by atoms with Gasteiger partial charge < -0.3 is 18.9 Å². The van der Waals surface area contributed by atoms with Crippen molar-refractivity contribution in [3.63, 3.8) is 0 Å². The van der Waals surface area contributed by atoms with Crippen LogP contribution in [0.3, 0.4) is 0 Å². The number of aryl methyl sites for hydroxylation is 1. The van der Waals surface area contributed by atoms with Gasteiger partial charge in [-0.1, -0.05) is 121 Å². The van der Waals surface area contributed by atoms with Crippen LogP contribution in [0.25, 0.3) is 49.0 Å². The zero-order valence-corrected chi connectivity index (χ0v) is 30.6. The van der Waals surface area contributed by atoms with Crippen LogP contribution < -0.4 is 30.8 Å². The minimum Gasteiger partial charge on any atom is -0.458 e. The van der Waals surface area contributed by atoms with Gasteiger partial charge in [-0.2, -0.15) is 0 Å². The Bertz CT molecular complexity index is 3170. The number of rotatable bonds is 4. The Kier molecular flexibility index (Phi) is 6.61. The Morgan fingerprint density at radius 3 is 1.66 bits per heavy atom. The van der Waals surface area contributed by atoms with Crippen LogP contribution in [0.4, 0.5) is 17.1 Å². The van der Waals surface area contributed by atoms with Gasteiger partial charge >= 0.3 is 0 Å². The Balaban J connectivity index is 1.22. The number of nitrogens with zero attached hydrogens (tertiary/aromatic N) is 2. The van der Waals surface area contributed by atoms with E-state index in [-0.39, 0.29) is 6.71 Å². The Hall–Kier alpha value is -7.24. The van der Waals surface area contributed by atoms with E-state index in [2.05, 4.69) is 198 Å². The molecule has 9 aromatic carbocycles. The first-order chi connectivity index (χ1) is 27.7. The summed E-state index contributed by atoms with van der Waals surface area (Å²) in [6.45, 7) is 1.97. The molecule has 1 aromatic heterocycles. The summed E-state index contributed by atoms with van der Waals surface area (Å²) >= 11 is 0. The fourth-order valence-corrected chi connectivity index (χ4v) is 9.49. The third-order valence-electron chi connectivity index (χ3n) is 11.7. The van der Waals surface area contributed by atoms with Gasteiger partial charge in [0, 0.05) is 44.8 Å². The largest absolute Gasteiger partial charge is 0.458 e. The summed E-state index contributed by atoms with van der Waals surface area (Å²) in [7, 11) is 0. The molecule has 0 radical (unpaired) electrons. The van der Waals surface area contributed by atoms with Gasteiger partial charge in [-0.05, 0) is 88.8 Å². The van der Waals surface area contributed by atoms with E-state index in [0.29, 0.717) is 0 Å². The normalized spacial score (nSPS) is 12.6. The van der Waals surface area contributed by atoms with E-state index in [9.17, 15) is 0 Å². The number of hydrogen-bond acceptors (Lipinski definition) is 3. The highest BCUT2D eigenvalue weighted by Gasteiger charge is 2.44. The highest BCUT2D eigenvalue weighted by Crippen LogP contribution is 2.48. The second-order valence-electron chi connectivity index (χ2n) is 14.9. The molecule has 262 valence electrons. The molecule has 56 heavy (non-hydrogen) atoms. The summed E-state index contributed by atoms with van der Waals surface area (Å²) in [6.07, 6.45) is 0. The first kappa shape index (κ1) is 31.1. The van der Waals surface area contributed by atoms with Crippen molar-refractivity contribution in [2.45, 2.75) is 6.92 Å². The zero-order chi connectivity index (χ0) is 36.9. The van der Waals surface area contributed by atoms with Crippen LogP contribution in [0, 0.1) is 6.92 Å². The molecule has 0 fully saturated rings. The Morgan fingerprint density at radius 1 is 0.464 bits per heavy atom. The predicted octanol–water partition coefficient (Wildman–Crippen LogP) is 11.6. The summed E-state index contributed by atoms with van der Waals surface area (Å²) in [6, 6.07) is 65.0. The fraction of sp³-hybridized carbons (Fsp3) is 0.0196. The van der Waals surface area contributed by atoms with Crippen LogP contribution in [-0.2, 0) is 0 Å². The molecule has 0 spiro atoms. The molecule has 0 saturated carbocycles. The van der Waals surface area contributed by atoms with Crippen molar-refractivity contribution in [3.8, 4) is 28.7 Å². The fourth-order valence-electron chi connectivity index (χ4n) is 9.49. The van der Waals surface area contributed by atoms with Crippen molar-refractivity contribution in [2.75, 3.05) is 4.90 Å². The number of fused-ring (bicyclic) bond motifs is 13. The van der Waals surface area contributed by atoms with Gasteiger partial charge in [-0.25, -0.2) is 0 Å². The highest BCUT2D eigenvalue weighted by atomic mass is 16.5. The van der Waals surface area contributed by atoms with Crippen molar-refractivity contribution in [2.24, 2.45) is 0 Å². The summed E-state index contributed by atoms with van der Waals surface area (Å²) in [5.74, 6) is 3.45. The van der Waals surface area contributed by atoms with E-state index >= 15 is 0 Å². The average Bonchev–Trinajstić information content (AvgIpc) is 3.60. The van der Waals surface area contributed by atoms with E-state index in [0.717, 1.165) is 89.4 Å². The summed E-state index contributed by atoms with van der Waals surface area (Å²) in [5, 5.41) is 6.96. The molecule has 5 heteroatoms. The number of aromatic nitrogens is 1. The van der Waals surface area contributed by atoms with Gasteiger partial charge in [0.05, 0.1) is 22.1 Å². The third kappa shape index (κ3) is 4.37. The van der Waals surface area contributed by atoms with E-state index < -0.39 is 0 Å². The number of anilines is 3. The molecule has 0 unspecified atom stereocenters. The topological polar surface area (TPSA) is 26.6 Å². The summed E-state index contributed by atoms with van der Waals surface area (Å²) in [4.78, 5) is 2.35. The molecule has 0 bridgehead atoms. The smallest absolute Gasteiger partial charge is 0.262 e. The van der Waals surface area contributed by atoms with Crippen LogP contribution in [0.5, 0.6) is 23.0 Å². The SMILES string of the molecule is Cc1cc2c3c(c1)Oc1c(c4ccccc4c4c1c1ccccc1n4-c1ccccc1)B3c1c(cc(N(c3ccccc3)c3ccccc3)c3ccccc13)O2. The molecule has 0 saturated heterocycles. The number of ether oxygens (including phenoxy) is 2. The van der Waals surface area contributed by atoms with Crippen molar-refractivity contribution < 1.29 is 9.47 Å². The lowest BCUT2D eigenvalue weighted by atomic mass is 9.33. The summed E-state index contributed by atoms with van der Waals surface area (Å²) < 4.78 is 16.8. The maximum atomic E-state index is 7.29. The second-order valence-corrected chi connectivity index (χ2v) is 14.9. The first-order valence-electron chi connectivity index (χ1n) is 19.2. The molecule has 2 aliphatic heterocycles. The maximum absolute atomic E-state index is 7.29. The average molecular weight is 717 g/mol. The van der Waals surface area contributed by atoms with Crippen LogP contribution in [-0.4, -0.2) is 11.3 Å². The van der Waals surface area contributed by atoms with Crippen LogP contribution >= 0.6 is 0 Å². The maximum Gasteiger partial charge on any atom is 0.262 e. The van der Waals surface area contributed by atoms with Gasteiger partial charge in [-0.15, -0.1) is 0 Å². The van der Waals surface area contributed by atoms with Gasteiger partial charge in [0.25, 0.3) is 6.71 Å². The number of hydrogen-bond donors (Lipinski definition) is 0. The van der Waals surface area contributed by atoms with Crippen molar-refractivity contribution in [1.29, 1.82) is 0 Å². The molecule has 0 amide bonds. The van der Waals surface area contributed by atoms with Gasteiger partial charge in [-0.3, -0.25) is 0 Å². The van der Waals surface area contributed by atoms with Crippen molar-refractivity contribution in [3.05, 3.63) is 188 Å². The quantitative estimate of drug-likeness (QED) is 0.170. The van der Waals surface area contributed by atoms with Crippen molar-refractivity contribution >= 4 is 83.5 Å². The Morgan fingerprint density at radius 2 is 0.982 bits per heavy atom. The van der Waals surface area contributed by atoms with Crippen LogP contribution in [0.1, 0.15) is 5.56 Å². The Labute approximate surface area is 324 Å². The van der Waals surface area contributed by atoms with E-state index in [1.54, 1.807) is 0 Å². The zero-order valence-electron chi connectivity index (χ0n) is 30.6. The van der Waals surface area contributed by atoms with Gasteiger partial charge in [0.15, 0.2) is 0 Å². The number of benzene rings is 9. The van der Waals surface area contributed by atoms with E-state index in [1.165, 1.54) is 21.6 Å². The molecule has 0 aliphatic carbocycles. The van der Waals surface area contributed by atoms with Crippen molar-refractivity contribution in [1.82, 2.24) is 4.57 Å².